The number of carbonyl (C=O) groups excluding carboxylic acids is 2. The standard InChI is InChI=1S/C21H20O14/c22-9-1-7(2-10(23)15(9)27)18(29)34-14-6-21(33,20(31)32)5-13(26)17(14)35-19(30)8-3-11(24)16(28)12(25)4-8/h1-4,13-14,17,22-28,33H,5-6H2,(H,31,32)/t13-,14-,17+,21-/m1/s1. The van der Waals surface area contributed by atoms with Crippen LogP contribution in [0.5, 0.6) is 34.5 Å². The van der Waals surface area contributed by atoms with Gasteiger partial charge in [0.25, 0.3) is 0 Å². The number of carboxylic acid groups (broad SMARTS) is 1. The molecule has 14 heteroatoms. The Balaban J connectivity index is 1.91. The monoisotopic (exact) mass is 496 g/mol. The van der Waals surface area contributed by atoms with Crippen LogP contribution in [-0.2, 0) is 14.3 Å². The molecule has 0 radical (unpaired) electrons. The number of carbonyl (C=O) groups is 3. The number of rotatable bonds is 5. The predicted molar refractivity (Wildman–Crippen MR) is 109 cm³/mol. The zero-order valence-corrected chi connectivity index (χ0v) is 17.5. The molecule has 0 bridgehead atoms. The van der Waals surface area contributed by atoms with Crippen molar-refractivity contribution < 1.29 is 69.8 Å². The third-order valence-electron chi connectivity index (χ3n) is 5.34. The summed E-state index contributed by atoms with van der Waals surface area (Å²) in [7, 11) is 0. The van der Waals surface area contributed by atoms with Crippen LogP contribution in [-0.4, -0.2) is 87.8 Å². The van der Waals surface area contributed by atoms with E-state index in [-0.39, 0.29) is 0 Å². The summed E-state index contributed by atoms with van der Waals surface area (Å²) < 4.78 is 10.2. The fraction of sp³-hybridized carbons (Fsp3) is 0.286. The van der Waals surface area contributed by atoms with Gasteiger partial charge in [0.05, 0.1) is 17.2 Å². The minimum absolute atomic E-state index is 0.498. The van der Waals surface area contributed by atoms with Gasteiger partial charge >= 0.3 is 17.9 Å². The molecule has 0 spiro atoms. The van der Waals surface area contributed by atoms with Crippen LogP contribution in [0, 0.1) is 0 Å². The number of carboxylic acids is 1. The Morgan fingerprint density at radius 3 is 1.54 bits per heavy atom. The molecule has 1 aliphatic carbocycles. The van der Waals surface area contributed by atoms with E-state index in [4.69, 9.17) is 9.47 Å². The van der Waals surface area contributed by atoms with Gasteiger partial charge in [-0.1, -0.05) is 0 Å². The SMILES string of the molecule is O=C(O[C@H]1[C@H](O)C[C@](O)(C(=O)O)C[C@H]1OC(=O)c1cc(O)c(O)c(O)c1)c1cc(O)c(O)c(O)c1. The molecule has 0 heterocycles. The van der Waals surface area contributed by atoms with Gasteiger partial charge in [0.2, 0.25) is 0 Å². The van der Waals surface area contributed by atoms with E-state index in [2.05, 4.69) is 0 Å². The van der Waals surface area contributed by atoms with Crippen molar-refractivity contribution in [2.75, 3.05) is 0 Å². The van der Waals surface area contributed by atoms with E-state index in [0.717, 1.165) is 12.1 Å². The van der Waals surface area contributed by atoms with Gasteiger partial charge in [-0.05, 0) is 24.3 Å². The number of hydrogen-bond donors (Lipinski definition) is 9. The topological polar surface area (TPSA) is 252 Å². The van der Waals surface area contributed by atoms with Crippen LogP contribution in [0.2, 0.25) is 0 Å². The van der Waals surface area contributed by atoms with Crippen molar-refractivity contribution in [3.8, 4) is 34.5 Å². The van der Waals surface area contributed by atoms with Gasteiger partial charge in [0.1, 0.15) is 6.10 Å². The molecule has 9 N–H and O–H groups in total. The number of aliphatic carboxylic acids is 1. The maximum Gasteiger partial charge on any atom is 0.338 e. The van der Waals surface area contributed by atoms with Crippen LogP contribution in [0.15, 0.2) is 24.3 Å². The number of phenols is 6. The minimum atomic E-state index is -2.60. The van der Waals surface area contributed by atoms with Gasteiger partial charge in [-0.15, -0.1) is 0 Å². The number of ether oxygens (including phenoxy) is 2. The van der Waals surface area contributed by atoms with Crippen molar-refractivity contribution in [3.63, 3.8) is 0 Å². The Hall–Kier alpha value is -4.43. The number of phenolic OH excluding ortho intramolecular Hbond substituents is 6. The van der Waals surface area contributed by atoms with Crippen molar-refractivity contribution in [1.29, 1.82) is 0 Å². The van der Waals surface area contributed by atoms with Gasteiger partial charge in [-0.3, -0.25) is 0 Å². The Labute approximate surface area is 195 Å². The molecular weight excluding hydrogens is 476 g/mol. The molecule has 0 unspecified atom stereocenters. The molecule has 4 atom stereocenters. The Morgan fingerprint density at radius 1 is 0.743 bits per heavy atom. The Bertz CT molecular complexity index is 1140. The first-order valence-electron chi connectivity index (χ1n) is 9.79. The average Bonchev–Trinajstić information content (AvgIpc) is 2.77. The lowest BCUT2D eigenvalue weighted by atomic mass is 9.79. The molecule has 0 aliphatic heterocycles. The largest absolute Gasteiger partial charge is 0.504 e. The van der Waals surface area contributed by atoms with Crippen LogP contribution >= 0.6 is 0 Å². The van der Waals surface area contributed by atoms with Crippen LogP contribution in [0.3, 0.4) is 0 Å². The third-order valence-corrected chi connectivity index (χ3v) is 5.34. The van der Waals surface area contributed by atoms with Crippen molar-refractivity contribution in [3.05, 3.63) is 35.4 Å². The lowest BCUT2D eigenvalue weighted by Gasteiger charge is -2.40. The highest BCUT2D eigenvalue weighted by Crippen LogP contribution is 2.38. The van der Waals surface area contributed by atoms with Crippen molar-refractivity contribution in [2.45, 2.75) is 36.8 Å². The molecule has 2 aromatic rings. The number of aromatic hydroxyl groups is 6. The van der Waals surface area contributed by atoms with Gasteiger partial charge in [0.15, 0.2) is 46.2 Å². The normalized spacial score (nSPS) is 23.9. The maximum atomic E-state index is 12.6. The first-order chi connectivity index (χ1) is 16.2. The van der Waals surface area contributed by atoms with E-state index in [1.165, 1.54) is 0 Å². The van der Waals surface area contributed by atoms with Gasteiger partial charge in [0, 0.05) is 12.8 Å². The highest BCUT2D eigenvalue weighted by molar-refractivity contribution is 5.92. The molecule has 1 fully saturated rings. The summed E-state index contributed by atoms with van der Waals surface area (Å²) in [5.74, 6) is -9.76. The zero-order valence-electron chi connectivity index (χ0n) is 17.5. The first kappa shape index (κ1) is 25.2. The zero-order chi connectivity index (χ0) is 26.2. The predicted octanol–water partition coefficient (Wildman–Crippen LogP) is -0.358. The number of benzene rings is 2. The van der Waals surface area contributed by atoms with Crippen LogP contribution in [0.1, 0.15) is 33.6 Å². The number of aliphatic hydroxyl groups is 2. The smallest absolute Gasteiger partial charge is 0.338 e. The quantitative estimate of drug-likeness (QED) is 0.189. The minimum Gasteiger partial charge on any atom is -0.504 e. The van der Waals surface area contributed by atoms with Crippen molar-refractivity contribution in [2.24, 2.45) is 0 Å². The maximum absolute atomic E-state index is 12.6. The van der Waals surface area contributed by atoms with E-state index in [1.54, 1.807) is 0 Å². The van der Waals surface area contributed by atoms with Crippen LogP contribution < -0.4 is 0 Å². The molecule has 1 aliphatic rings. The van der Waals surface area contributed by atoms with E-state index in [0.29, 0.717) is 12.1 Å². The summed E-state index contributed by atoms with van der Waals surface area (Å²) in [6.45, 7) is 0. The van der Waals surface area contributed by atoms with Gasteiger partial charge < -0.3 is 55.4 Å². The van der Waals surface area contributed by atoms with Crippen molar-refractivity contribution in [1.82, 2.24) is 0 Å². The highest BCUT2D eigenvalue weighted by atomic mass is 16.6. The molecule has 0 amide bonds. The molecule has 3 rings (SSSR count). The second kappa shape index (κ2) is 9.08. The fourth-order valence-electron chi connectivity index (χ4n) is 3.52. The summed E-state index contributed by atoms with van der Waals surface area (Å²) in [4.78, 5) is 36.6. The van der Waals surface area contributed by atoms with E-state index in [9.17, 15) is 60.3 Å². The molecule has 2 aromatic carbocycles. The second-order valence-electron chi connectivity index (χ2n) is 7.85. The second-order valence-corrected chi connectivity index (χ2v) is 7.85. The summed E-state index contributed by atoms with van der Waals surface area (Å²) >= 11 is 0. The summed E-state index contributed by atoms with van der Waals surface area (Å²) in [6.07, 6.45) is -7.11. The molecular formula is C21H20O14. The molecule has 0 saturated heterocycles. The number of hydrogen-bond acceptors (Lipinski definition) is 13. The Morgan fingerprint density at radius 2 is 1.14 bits per heavy atom. The highest BCUT2D eigenvalue weighted by Gasteiger charge is 2.52. The molecule has 35 heavy (non-hydrogen) atoms. The molecule has 188 valence electrons. The fourth-order valence-corrected chi connectivity index (χ4v) is 3.52. The lowest BCUT2D eigenvalue weighted by molar-refractivity contribution is -0.187. The number of esters is 2. The first-order valence-corrected chi connectivity index (χ1v) is 9.79. The van der Waals surface area contributed by atoms with Gasteiger partial charge in [-0.25, -0.2) is 14.4 Å². The summed E-state index contributed by atoms with van der Waals surface area (Å²) in [6, 6.07) is 2.87. The lowest BCUT2D eigenvalue weighted by Crippen LogP contribution is -2.58. The number of aliphatic hydroxyl groups excluding tert-OH is 1. The average molecular weight is 496 g/mol. The van der Waals surface area contributed by atoms with Crippen LogP contribution in [0.4, 0.5) is 0 Å². The summed E-state index contributed by atoms with van der Waals surface area (Å²) in [5, 5.41) is 87.3. The molecule has 1 saturated carbocycles. The van der Waals surface area contributed by atoms with E-state index < -0.39 is 100 Å². The molecule has 14 nitrogen and oxygen atoms in total. The Kier molecular flexibility index (Phi) is 6.53. The summed E-state index contributed by atoms with van der Waals surface area (Å²) in [5.41, 5.74) is -3.61. The van der Waals surface area contributed by atoms with Crippen LogP contribution in [0.25, 0.3) is 0 Å². The van der Waals surface area contributed by atoms with E-state index >= 15 is 0 Å². The third kappa shape index (κ3) is 4.92. The van der Waals surface area contributed by atoms with E-state index in [1.807, 2.05) is 0 Å². The molecule has 0 aromatic heterocycles. The van der Waals surface area contributed by atoms with Gasteiger partial charge in [-0.2, -0.15) is 0 Å². The van der Waals surface area contributed by atoms with Crippen molar-refractivity contribution >= 4 is 17.9 Å².